The minimum absolute atomic E-state index is 0.251. The highest BCUT2D eigenvalue weighted by Gasteiger charge is 2.25. The fraction of sp³-hybridized carbons (Fsp3) is 0.286. The summed E-state index contributed by atoms with van der Waals surface area (Å²) in [5.41, 5.74) is 1.10. The van der Waals surface area contributed by atoms with E-state index in [-0.39, 0.29) is 4.83 Å². The summed E-state index contributed by atoms with van der Waals surface area (Å²) >= 11 is 11.5. The van der Waals surface area contributed by atoms with E-state index in [9.17, 15) is 0 Å². The molecule has 2 nitrogen and oxygen atoms in total. The van der Waals surface area contributed by atoms with Gasteiger partial charge >= 0.3 is 0 Å². The largest absolute Gasteiger partial charge is 0.488 e. The third kappa shape index (κ3) is 1.44. The number of aromatic nitrogens is 1. The maximum atomic E-state index is 5.88. The summed E-state index contributed by atoms with van der Waals surface area (Å²) in [6.07, 6.45) is 0. The van der Waals surface area contributed by atoms with Gasteiger partial charge in [0.15, 0.2) is 10.9 Å². The van der Waals surface area contributed by atoms with Gasteiger partial charge in [-0.1, -0.05) is 27.5 Å². The van der Waals surface area contributed by atoms with Crippen molar-refractivity contribution in [2.45, 2.75) is 4.83 Å². The predicted octanol–water partition coefficient (Wildman–Crippen LogP) is 3.17. The first-order valence-corrected chi connectivity index (χ1v) is 5.68. The monoisotopic (exact) mass is 359 g/mol. The summed E-state index contributed by atoms with van der Waals surface area (Å²) < 4.78 is 6.25. The van der Waals surface area contributed by atoms with E-state index >= 15 is 0 Å². The maximum absolute atomic E-state index is 5.88. The van der Waals surface area contributed by atoms with E-state index in [4.69, 9.17) is 16.3 Å². The Balaban J connectivity index is 2.60. The highest BCUT2D eigenvalue weighted by Crippen LogP contribution is 2.41. The number of rotatable bonds is 0. The van der Waals surface area contributed by atoms with Crippen molar-refractivity contribution in [1.29, 1.82) is 0 Å². The molecular weight excluding hydrogens is 356 g/mol. The summed E-state index contributed by atoms with van der Waals surface area (Å²) in [6, 6.07) is 1.98. The van der Waals surface area contributed by atoms with Crippen LogP contribution in [0.25, 0.3) is 0 Å². The average Bonchev–Trinajstić information content (AvgIpc) is 2.33. The molecule has 1 aliphatic rings. The molecule has 12 heavy (non-hydrogen) atoms. The van der Waals surface area contributed by atoms with E-state index in [1.54, 1.807) is 0 Å². The molecule has 0 radical (unpaired) electrons. The van der Waals surface area contributed by atoms with Crippen LogP contribution < -0.4 is 4.74 Å². The van der Waals surface area contributed by atoms with Crippen LogP contribution in [0.1, 0.15) is 10.4 Å². The Bertz CT molecular complexity index is 333. The molecule has 1 unspecified atom stereocenters. The van der Waals surface area contributed by atoms with Crippen molar-refractivity contribution in [2.75, 3.05) is 6.61 Å². The predicted molar refractivity (Wildman–Crippen MR) is 59.1 cm³/mol. The first-order valence-electron chi connectivity index (χ1n) is 3.31. The van der Waals surface area contributed by atoms with Gasteiger partial charge in [0.2, 0.25) is 0 Å². The van der Waals surface area contributed by atoms with Gasteiger partial charge in [-0.3, -0.25) is 0 Å². The number of ether oxygens (including phenoxy) is 1. The highest BCUT2D eigenvalue weighted by molar-refractivity contribution is 14.1. The number of nitrogens with zero attached hydrogens (tertiary/aromatic N) is 1. The average molecular weight is 360 g/mol. The van der Waals surface area contributed by atoms with Gasteiger partial charge in [0.05, 0.1) is 4.83 Å². The molecule has 0 bridgehead atoms. The van der Waals surface area contributed by atoms with Crippen molar-refractivity contribution in [2.24, 2.45) is 0 Å². The van der Waals surface area contributed by atoms with Gasteiger partial charge < -0.3 is 4.74 Å². The van der Waals surface area contributed by atoms with Crippen LogP contribution in [0.3, 0.4) is 0 Å². The van der Waals surface area contributed by atoms with E-state index in [1.807, 2.05) is 6.07 Å². The zero-order valence-electron chi connectivity index (χ0n) is 5.85. The molecule has 0 saturated carbocycles. The van der Waals surface area contributed by atoms with Crippen LogP contribution in [0.2, 0.25) is 5.15 Å². The molecule has 5 heteroatoms. The molecule has 0 aliphatic carbocycles. The zero-order valence-corrected chi connectivity index (χ0v) is 10.4. The molecule has 0 N–H and O–H groups in total. The first kappa shape index (κ1) is 9.02. The lowest BCUT2D eigenvalue weighted by atomic mass is 10.2. The summed E-state index contributed by atoms with van der Waals surface area (Å²) in [7, 11) is 0. The van der Waals surface area contributed by atoms with Gasteiger partial charge in [-0.2, -0.15) is 0 Å². The molecule has 1 aliphatic heterocycles. The lowest BCUT2D eigenvalue weighted by molar-refractivity contribution is 0.355. The topological polar surface area (TPSA) is 22.1 Å². The van der Waals surface area contributed by atoms with Crippen molar-refractivity contribution < 1.29 is 4.74 Å². The van der Waals surface area contributed by atoms with Crippen LogP contribution in [0, 0.1) is 3.70 Å². The number of hydrogen-bond acceptors (Lipinski definition) is 2. The van der Waals surface area contributed by atoms with Gasteiger partial charge in [0.1, 0.15) is 10.3 Å². The Labute approximate surface area is 96.9 Å². The van der Waals surface area contributed by atoms with E-state index < -0.39 is 0 Å². The van der Waals surface area contributed by atoms with Gasteiger partial charge in [-0.05, 0) is 28.7 Å². The lowest BCUT2D eigenvalue weighted by Gasteiger charge is -2.01. The second-order valence-corrected chi connectivity index (χ2v) is 5.00. The Morgan fingerprint density at radius 2 is 2.50 bits per heavy atom. The number of halogens is 3. The molecule has 0 aromatic carbocycles. The standard InChI is InChI=1S/C7H4BrClINO/c8-4-2-12-6-3(4)1-5(10)11-7(6)9/h1,4H,2H2. The second-order valence-electron chi connectivity index (χ2n) is 2.43. The third-order valence-corrected chi connectivity index (χ3v) is 3.21. The van der Waals surface area contributed by atoms with Crippen molar-refractivity contribution in [1.82, 2.24) is 4.98 Å². The van der Waals surface area contributed by atoms with Gasteiger partial charge in [-0.25, -0.2) is 4.98 Å². The first-order chi connectivity index (χ1) is 5.68. The smallest absolute Gasteiger partial charge is 0.172 e. The summed E-state index contributed by atoms with van der Waals surface area (Å²) in [4.78, 5) is 4.34. The SMILES string of the molecule is Clc1nc(I)cc2c1OCC2Br. The van der Waals surface area contributed by atoms with Crippen LogP contribution in [0.5, 0.6) is 5.75 Å². The summed E-state index contributed by atoms with van der Waals surface area (Å²) in [5, 5.41) is 0.457. The molecule has 2 rings (SSSR count). The molecule has 64 valence electrons. The van der Waals surface area contributed by atoms with Crippen molar-refractivity contribution in [3.63, 3.8) is 0 Å². The highest BCUT2D eigenvalue weighted by atomic mass is 127. The molecule has 0 amide bonds. The minimum atomic E-state index is 0.251. The summed E-state index contributed by atoms with van der Waals surface area (Å²) in [6.45, 7) is 0.636. The van der Waals surface area contributed by atoms with E-state index in [0.717, 1.165) is 15.0 Å². The molecule has 1 atom stereocenters. The van der Waals surface area contributed by atoms with E-state index in [1.165, 1.54) is 0 Å². The number of pyridine rings is 1. The Hall–Kier alpha value is 0.450. The molecule has 1 aromatic rings. The van der Waals surface area contributed by atoms with Crippen LogP contribution in [-0.2, 0) is 0 Å². The Morgan fingerprint density at radius 3 is 3.25 bits per heavy atom. The van der Waals surface area contributed by atoms with Crippen LogP contribution in [0.15, 0.2) is 6.07 Å². The van der Waals surface area contributed by atoms with Crippen LogP contribution in [0.4, 0.5) is 0 Å². The quantitative estimate of drug-likeness (QED) is 0.403. The van der Waals surface area contributed by atoms with Gasteiger partial charge in [-0.15, -0.1) is 0 Å². The Kier molecular flexibility index (Phi) is 2.49. The fourth-order valence-electron chi connectivity index (χ4n) is 1.11. The molecular formula is C7H4BrClINO. The summed E-state index contributed by atoms with van der Waals surface area (Å²) in [5.74, 6) is 0.721. The molecule has 1 aromatic heterocycles. The fourth-order valence-corrected chi connectivity index (χ4v) is 2.56. The van der Waals surface area contributed by atoms with Crippen molar-refractivity contribution in [3.8, 4) is 5.75 Å². The van der Waals surface area contributed by atoms with Gasteiger partial charge in [0.25, 0.3) is 0 Å². The van der Waals surface area contributed by atoms with Crippen LogP contribution in [-0.4, -0.2) is 11.6 Å². The molecule has 0 fully saturated rings. The lowest BCUT2D eigenvalue weighted by Crippen LogP contribution is -1.90. The number of alkyl halides is 1. The van der Waals surface area contributed by atoms with E-state index in [0.29, 0.717) is 11.8 Å². The van der Waals surface area contributed by atoms with Crippen LogP contribution >= 0.6 is 50.1 Å². The molecule has 0 spiro atoms. The van der Waals surface area contributed by atoms with Crippen molar-refractivity contribution in [3.05, 3.63) is 20.5 Å². The normalized spacial score (nSPS) is 20.4. The number of fused-ring (bicyclic) bond motifs is 1. The second kappa shape index (κ2) is 3.31. The van der Waals surface area contributed by atoms with E-state index in [2.05, 4.69) is 43.5 Å². The Morgan fingerprint density at radius 1 is 1.75 bits per heavy atom. The molecule has 0 saturated heterocycles. The van der Waals surface area contributed by atoms with Gasteiger partial charge in [0, 0.05) is 5.56 Å². The molecule has 2 heterocycles. The maximum Gasteiger partial charge on any atom is 0.172 e. The van der Waals surface area contributed by atoms with Crippen molar-refractivity contribution >= 4 is 50.1 Å². The minimum Gasteiger partial charge on any atom is -0.488 e. The number of hydrogen-bond donors (Lipinski definition) is 0. The zero-order chi connectivity index (χ0) is 8.72. The third-order valence-electron chi connectivity index (χ3n) is 1.64.